The number of carbonyl (C=O) groups is 2. The van der Waals surface area contributed by atoms with Crippen LogP contribution in [0.1, 0.15) is 27.3 Å². The van der Waals surface area contributed by atoms with Crippen molar-refractivity contribution in [2.75, 3.05) is 5.32 Å². The fourth-order valence-electron chi connectivity index (χ4n) is 1.56. The number of hydrogen-bond donors (Lipinski definition) is 1. The number of carbonyl (C=O) groups excluding carboxylic acids is 2. The molecule has 98 valence electrons. The standard InChI is InChI=1S/C14H14N2O2S/c1-9-10(2)19-14(15-9)16-13(18)8-12(17)11-6-4-3-5-7-11/h3-7H,8H2,1-2H3,(H,15,16,18). The van der Waals surface area contributed by atoms with Crippen molar-refractivity contribution in [3.8, 4) is 0 Å². The molecule has 19 heavy (non-hydrogen) atoms. The highest BCUT2D eigenvalue weighted by molar-refractivity contribution is 7.15. The summed E-state index contributed by atoms with van der Waals surface area (Å²) in [5.74, 6) is -0.522. The second kappa shape index (κ2) is 5.75. The number of Topliss-reactive ketones (excluding diaryl/α,β-unsaturated/α-hetero) is 1. The maximum atomic E-state index is 11.8. The minimum absolute atomic E-state index is 0.165. The van der Waals surface area contributed by atoms with E-state index in [1.165, 1.54) is 11.3 Å². The largest absolute Gasteiger partial charge is 0.302 e. The molecule has 5 heteroatoms. The van der Waals surface area contributed by atoms with Crippen molar-refractivity contribution in [3.63, 3.8) is 0 Å². The Bertz CT molecular complexity index is 586. The van der Waals surface area contributed by atoms with Crippen LogP contribution >= 0.6 is 11.3 Å². The van der Waals surface area contributed by atoms with Gasteiger partial charge in [0.15, 0.2) is 10.9 Å². The molecule has 2 aromatic rings. The summed E-state index contributed by atoms with van der Waals surface area (Å²) in [6, 6.07) is 8.79. The van der Waals surface area contributed by atoms with Crippen molar-refractivity contribution in [2.24, 2.45) is 0 Å². The summed E-state index contributed by atoms with van der Waals surface area (Å²) < 4.78 is 0. The number of aryl methyl sites for hydroxylation is 2. The number of aromatic nitrogens is 1. The molecule has 0 unspecified atom stereocenters. The quantitative estimate of drug-likeness (QED) is 0.688. The lowest BCUT2D eigenvalue weighted by atomic mass is 10.1. The van der Waals surface area contributed by atoms with Crippen molar-refractivity contribution < 1.29 is 9.59 Å². The van der Waals surface area contributed by atoms with Crippen molar-refractivity contribution in [2.45, 2.75) is 20.3 Å². The summed E-state index contributed by atoms with van der Waals surface area (Å²) in [5, 5.41) is 3.19. The average molecular weight is 274 g/mol. The molecule has 0 fully saturated rings. The lowest BCUT2D eigenvalue weighted by molar-refractivity contribution is -0.115. The number of thiazole rings is 1. The van der Waals surface area contributed by atoms with Crippen molar-refractivity contribution >= 4 is 28.2 Å². The molecule has 1 aromatic heterocycles. The van der Waals surface area contributed by atoms with Gasteiger partial charge in [-0.25, -0.2) is 4.98 Å². The number of amides is 1. The molecular formula is C14H14N2O2S. The second-order valence-electron chi connectivity index (χ2n) is 4.17. The number of anilines is 1. The topological polar surface area (TPSA) is 59.1 Å². The molecule has 1 heterocycles. The molecule has 0 aliphatic heterocycles. The first-order chi connectivity index (χ1) is 9.06. The van der Waals surface area contributed by atoms with E-state index in [1.54, 1.807) is 24.3 Å². The SMILES string of the molecule is Cc1nc(NC(=O)CC(=O)c2ccccc2)sc1C. The van der Waals surface area contributed by atoms with E-state index < -0.39 is 0 Å². The van der Waals surface area contributed by atoms with E-state index in [2.05, 4.69) is 10.3 Å². The van der Waals surface area contributed by atoms with Crippen LogP contribution in [0.5, 0.6) is 0 Å². The minimum Gasteiger partial charge on any atom is -0.302 e. The Balaban J connectivity index is 1.96. The van der Waals surface area contributed by atoms with Gasteiger partial charge in [-0.1, -0.05) is 30.3 Å². The normalized spacial score (nSPS) is 10.2. The van der Waals surface area contributed by atoms with Gasteiger partial charge in [-0.3, -0.25) is 9.59 Å². The molecule has 0 aliphatic rings. The Morgan fingerprint density at radius 1 is 1.21 bits per heavy atom. The van der Waals surface area contributed by atoms with Gasteiger partial charge in [-0.2, -0.15) is 0 Å². The van der Waals surface area contributed by atoms with Gasteiger partial charge in [0.1, 0.15) is 0 Å². The monoisotopic (exact) mass is 274 g/mol. The predicted octanol–water partition coefficient (Wildman–Crippen LogP) is 2.97. The molecule has 1 amide bonds. The van der Waals surface area contributed by atoms with Gasteiger partial charge < -0.3 is 5.32 Å². The molecule has 0 bridgehead atoms. The number of ketones is 1. The Hall–Kier alpha value is -2.01. The van der Waals surface area contributed by atoms with Crippen LogP contribution in [-0.4, -0.2) is 16.7 Å². The third kappa shape index (κ3) is 3.48. The number of nitrogens with one attached hydrogen (secondary N) is 1. The molecule has 1 N–H and O–H groups in total. The summed E-state index contributed by atoms with van der Waals surface area (Å²) in [6.07, 6.45) is -0.165. The molecule has 0 saturated heterocycles. The minimum atomic E-state index is -0.331. The van der Waals surface area contributed by atoms with Crippen LogP contribution in [0.25, 0.3) is 0 Å². The van der Waals surface area contributed by atoms with Crippen molar-refractivity contribution in [3.05, 3.63) is 46.5 Å². The third-order valence-electron chi connectivity index (χ3n) is 2.69. The van der Waals surface area contributed by atoms with Gasteiger partial charge in [0, 0.05) is 10.4 Å². The maximum Gasteiger partial charge on any atom is 0.233 e. The highest BCUT2D eigenvalue weighted by Gasteiger charge is 2.13. The van der Waals surface area contributed by atoms with E-state index in [1.807, 2.05) is 19.9 Å². The van der Waals surface area contributed by atoms with Crippen molar-refractivity contribution in [1.82, 2.24) is 4.98 Å². The predicted molar refractivity (Wildman–Crippen MR) is 75.6 cm³/mol. The number of hydrogen-bond acceptors (Lipinski definition) is 4. The second-order valence-corrected chi connectivity index (χ2v) is 5.38. The van der Waals surface area contributed by atoms with Gasteiger partial charge in [-0.15, -0.1) is 11.3 Å². The van der Waals surface area contributed by atoms with E-state index in [-0.39, 0.29) is 18.1 Å². The highest BCUT2D eigenvalue weighted by atomic mass is 32.1. The fraction of sp³-hybridized carbons (Fsp3) is 0.214. The summed E-state index contributed by atoms with van der Waals surface area (Å²) >= 11 is 1.41. The lowest BCUT2D eigenvalue weighted by Crippen LogP contribution is -2.16. The molecule has 0 aliphatic carbocycles. The van der Waals surface area contributed by atoms with Crippen molar-refractivity contribution in [1.29, 1.82) is 0 Å². The Morgan fingerprint density at radius 3 is 2.47 bits per heavy atom. The molecule has 1 aromatic carbocycles. The first-order valence-electron chi connectivity index (χ1n) is 5.88. The van der Waals surface area contributed by atoms with E-state index in [9.17, 15) is 9.59 Å². The van der Waals surface area contributed by atoms with Gasteiger partial charge in [0.2, 0.25) is 5.91 Å². The molecule has 2 rings (SSSR count). The Kier molecular flexibility index (Phi) is 4.06. The van der Waals surface area contributed by atoms with Gasteiger partial charge in [0.05, 0.1) is 12.1 Å². The molecule has 0 radical (unpaired) electrons. The number of rotatable bonds is 4. The third-order valence-corrected chi connectivity index (χ3v) is 3.68. The zero-order valence-corrected chi connectivity index (χ0v) is 11.6. The van der Waals surface area contributed by atoms with Crippen LogP contribution in [0.3, 0.4) is 0 Å². The highest BCUT2D eigenvalue weighted by Crippen LogP contribution is 2.21. The molecular weight excluding hydrogens is 260 g/mol. The van der Waals surface area contributed by atoms with Gasteiger partial charge >= 0.3 is 0 Å². The summed E-state index contributed by atoms with van der Waals surface area (Å²) in [6.45, 7) is 3.83. The number of nitrogens with zero attached hydrogens (tertiary/aromatic N) is 1. The van der Waals surface area contributed by atoms with Crippen LogP contribution in [0, 0.1) is 13.8 Å². The van der Waals surface area contributed by atoms with Gasteiger partial charge in [-0.05, 0) is 13.8 Å². The molecule has 4 nitrogen and oxygen atoms in total. The van der Waals surface area contributed by atoms with Crippen LogP contribution in [0.15, 0.2) is 30.3 Å². The Morgan fingerprint density at radius 2 is 1.89 bits per heavy atom. The zero-order chi connectivity index (χ0) is 13.8. The Labute approximate surface area is 115 Å². The van der Waals surface area contributed by atoms with E-state index in [4.69, 9.17) is 0 Å². The first kappa shape index (κ1) is 13.4. The summed E-state index contributed by atoms with van der Waals surface area (Å²) in [4.78, 5) is 28.9. The molecule has 0 atom stereocenters. The lowest BCUT2D eigenvalue weighted by Gasteiger charge is -2.01. The first-order valence-corrected chi connectivity index (χ1v) is 6.70. The van der Waals surface area contributed by atoms with E-state index >= 15 is 0 Å². The van der Waals surface area contributed by atoms with E-state index in [0.29, 0.717) is 10.7 Å². The molecule has 0 saturated carbocycles. The van der Waals surface area contributed by atoms with Crippen LogP contribution in [0.2, 0.25) is 0 Å². The number of benzene rings is 1. The summed E-state index contributed by atoms with van der Waals surface area (Å²) in [7, 11) is 0. The average Bonchev–Trinajstić information content (AvgIpc) is 2.69. The van der Waals surface area contributed by atoms with Crippen LogP contribution < -0.4 is 5.32 Å². The maximum absolute atomic E-state index is 11.8. The summed E-state index contributed by atoms with van der Waals surface area (Å²) in [5.41, 5.74) is 1.44. The van der Waals surface area contributed by atoms with Crippen LogP contribution in [0.4, 0.5) is 5.13 Å². The molecule has 0 spiro atoms. The van der Waals surface area contributed by atoms with Crippen LogP contribution in [-0.2, 0) is 4.79 Å². The smallest absolute Gasteiger partial charge is 0.233 e. The van der Waals surface area contributed by atoms with Gasteiger partial charge in [0.25, 0.3) is 0 Å². The zero-order valence-electron chi connectivity index (χ0n) is 10.8. The fourth-order valence-corrected chi connectivity index (χ4v) is 2.39. The van der Waals surface area contributed by atoms with E-state index in [0.717, 1.165) is 10.6 Å².